The molecule has 0 fully saturated rings. The summed E-state index contributed by atoms with van der Waals surface area (Å²) in [5.41, 5.74) is 4.83. The Morgan fingerprint density at radius 3 is 2.47 bits per heavy atom. The van der Waals surface area contributed by atoms with E-state index in [0.29, 0.717) is 0 Å². The first-order valence-electron chi connectivity index (χ1n) is 5.58. The van der Waals surface area contributed by atoms with E-state index in [2.05, 4.69) is 70.3 Å². The van der Waals surface area contributed by atoms with Crippen molar-refractivity contribution in [2.75, 3.05) is 0 Å². The molecule has 0 aliphatic carbocycles. The number of nitrogens with one attached hydrogen (secondary N) is 1. The first-order valence-corrected chi connectivity index (χ1v) is 6.37. The van der Waals surface area contributed by atoms with Crippen LogP contribution in [0.15, 0.2) is 53.0 Å². The summed E-state index contributed by atoms with van der Waals surface area (Å²) < 4.78 is 1.14. The zero-order valence-electron chi connectivity index (χ0n) is 9.50. The number of rotatable bonds is 1. The minimum atomic E-state index is 1.14. The smallest absolute Gasteiger partial charge is 0.0473 e. The lowest BCUT2D eigenvalue weighted by molar-refractivity contribution is 1.30. The summed E-state index contributed by atoms with van der Waals surface area (Å²) in [6.45, 7) is 2.08. The van der Waals surface area contributed by atoms with Gasteiger partial charge >= 0.3 is 0 Å². The fraction of sp³-hybridized carbons (Fsp3) is 0.0667. The van der Waals surface area contributed by atoms with Gasteiger partial charge < -0.3 is 4.98 Å². The molecule has 1 N–H and O–H groups in total. The van der Waals surface area contributed by atoms with Gasteiger partial charge in [0.2, 0.25) is 0 Å². The lowest BCUT2D eigenvalue weighted by Gasteiger charge is -2.03. The molecule has 0 bridgehead atoms. The van der Waals surface area contributed by atoms with Gasteiger partial charge in [-0.15, -0.1) is 0 Å². The van der Waals surface area contributed by atoms with Crippen LogP contribution >= 0.6 is 15.9 Å². The standard InChI is InChI=1S/C15H12BrN/c1-10-7-13-14(16)8-12(9-15(13)17-10)11-5-3-2-4-6-11/h2-9,17H,1H3. The molecule has 0 unspecified atom stereocenters. The molecule has 2 aromatic carbocycles. The second kappa shape index (κ2) is 4.04. The van der Waals surface area contributed by atoms with Gasteiger partial charge in [0.25, 0.3) is 0 Å². The zero-order chi connectivity index (χ0) is 11.8. The van der Waals surface area contributed by atoms with Gasteiger partial charge in [0, 0.05) is 21.1 Å². The summed E-state index contributed by atoms with van der Waals surface area (Å²) in [7, 11) is 0. The number of halogens is 1. The summed E-state index contributed by atoms with van der Waals surface area (Å²) in [6.07, 6.45) is 0. The van der Waals surface area contributed by atoms with Crippen LogP contribution in [-0.4, -0.2) is 4.98 Å². The molecular weight excluding hydrogens is 274 g/mol. The number of aromatic nitrogens is 1. The van der Waals surface area contributed by atoms with Gasteiger partial charge in [-0.1, -0.05) is 46.3 Å². The number of fused-ring (bicyclic) bond motifs is 1. The highest BCUT2D eigenvalue weighted by Crippen LogP contribution is 2.31. The van der Waals surface area contributed by atoms with Gasteiger partial charge in [0.1, 0.15) is 0 Å². The molecule has 1 heterocycles. The van der Waals surface area contributed by atoms with E-state index in [9.17, 15) is 0 Å². The Balaban J connectivity index is 2.25. The molecule has 0 amide bonds. The predicted octanol–water partition coefficient (Wildman–Crippen LogP) is 4.91. The number of benzene rings is 2. The van der Waals surface area contributed by atoms with Crippen LogP contribution in [0.25, 0.3) is 22.0 Å². The fourth-order valence-electron chi connectivity index (χ4n) is 2.13. The Morgan fingerprint density at radius 1 is 0.941 bits per heavy atom. The summed E-state index contributed by atoms with van der Waals surface area (Å²) in [5, 5.41) is 1.24. The maximum atomic E-state index is 3.64. The third-order valence-corrected chi connectivity index (χ3v) is 3.59. The van der Waals surface area contributed by atoms with Gasteiger partial charge in [-0.3, -0.25) is 0 Å². The van der Waals surface area contributed by atoms with Crippen LogP contribution in [0, 0.1) is 6.92 Å². The van der Waals surface area contributed by atoms with Crippen molar-refractivity contribution in [3.63, 3.8) is 0 Å². The van der Waals surface area contributed by atoms with E-state index >= 15 is 0 Å². The third kappa shape index (κ3) is 1.89. The number of hydrogen-bond acceptors (Lipinski definition) is 0. The number of hydrogen-bond donors (Lipinski definition) is 1. The molecule has 0 spiro atoms. The highest BCUT2D eigenvalue weighted by Gasteiger charge is 2.05. The van der Waals surface area contributed by atoms with E-state index in [0.717, 1.165) is 4.47 Å². The van der Waals surface area contributed by atoms with E-state index in [1.54, 1.807) is 0 Å². The summed E-state index contributed by atoms with van der Waals surface area (Å²) in [5.74, 6) is 0. The Morgan fingerprint density at radius 2 is 1.71 bits per heavy atom. The maximum absolute atomic E-state index is 3.64. The molecule has 0 saturated carbocycles. The molecule has 1 nitrogen and oxygen atoms in total. The van der Waals surface area contributed by atoms with Crippen molar-refractivity contribution in [2.24, 2.45) is 0 Å². The van der Waals surface area contributed by atoms with Crippen LogP contribution < -0.4 is 0 Å². The topological polar surface area (TPSA) is 15.8 Å². The summed E-state index contributed by atoms with van der Waals surface area (Å²) >= 11 is 3.64. The van der Waals surface area contributed by atoms with Crippen LogP contribution in [0.5, 0.6) is 0 Å². The highest BCUT2D eigenvalue weighted by molar-refractivity contribution is 9.10. The van der Waals surface area contributed by atoms with Crippen LogP contribution in [0.4, 0.5) is 0 Å². The van der Waals surface area contributed by atoms with Gasteiger partial charge in [0.05, 0.1) is 0 Å². The van der Waals surface area contributed by atoms with E-state index in [1.807, 2.05) is 6.07 Å². The minimum Gasteiger partial charge on any atom is -0.359 e. The SMILES string of the molecule is Cc1cc2c(Br)cc(-c3ccccc3)cc2[nH]1. The van der Waals surface area contributed by atoms with Crippen molar-refractivity contribution in [2.45, 2.75) is 6.92 Å². The number of H-pyrrole nitrogens is 1. The average Bonchev–Trinajstić information content (AvgIpc) is 2.71. The van der Waals surface area contributed by atoms with Crippen LogP contribution in [0.2, 0.25) is 0 Å². The Labute approximate surface area is 109 Å². The number of aromatic amines is 1. The number of aryl methyl sites for hydroxylation is 1. The predicted molar refractivity (Wildman–Crippen MR) is 76.2 cm³/mol. The normalized spacial score (nSPS) is 10.9. The first-order chi connectivity index (χ1) is 8.24. The third-order valence-electron chi connectivity index (χ3n) is 2.93. The molecular formula is C15H12BrN. The first kappa shape index (κ1) is 10.6. The van der Waals surface area contributed by atoms with Crippen LogP contribution in [0.3, 0.4) is 0 Å². The monoisotopic (exact) mass is 285 g/mol. The quantitative estimate of drug-likeness (QED) is 0.654. The molecule has 3 aromatic rings. The van der Waals surface area contributed by atoms with Gasteiger partial charge in [0.15, 0.2) is 0 Å². The van der Waals surface area contributed by atoms with Crippen molar-refractivity contribution in [3.05, 3.63) is 58.7 Å². The Kier molecular flexibility index (Phi) is 2.52. The second-order valence-corrected chi connectivity index (χ2v) is 5.09. The molecule has 17 heavy (non-hydrogen) atoms. The molecule has 0 saturated heterocycles. The average molecular weight is 286 g/mol. The van der Waals surface area contributed by atoms with Crippen molar-refractivity contribution >= 4 is 26.8 Å². The van der Waals surface area contributed by atoms with E-state index in [4.69, 9.17) is 0 Å². The van der Waals surface area contributed by atoms with Crippen LogP contribution in [-0.2, 0) is 0 Å². The molecule has 84 valence electrons. The molecule has 1 aromatic heterocycles. The molecule has 0 aliphatic rings. The minimum absolute atomic E-state index is 1.14. The molecule has 0 aliphatic heterocycles. The van der Waals surface area contributed by atoms with Crippen molar-refractivity contribution in [1.29, 1.82) is 0 Å². The zero-order valence-corrected chi connectivity index (χ0v) is 11.1. The summed E-state index contributed by atoms with van der Waals surface area (Å²) in [4.78, 5) is 3.38. The molecule has 3 rings (SSSR count). The molecule has 0 radical (unpaired) electrons. The summed E-state index contributed by atoms with van der Waals surface area (Å²) in [6, 6.07) is 16.9. The Bertz CT molecular complexity index is 668. The van der Waals surface area contributed by atoms with E-state index in [1.165, 1.54) is 27.7 Å². The van der Waals surface area contributed by atoms with E-state index < -0.39 is 0 Å². The highest BCUT2D eigenvalue weighted by atomic mass is 79.9. The second-order valence-electron chi connectivity index (χ2n) is 4.24. The lowest BCUT2D eigenvalue weighted by Crippen LogP contribution is -1.79. The van der Waals surface area contributed by atoms with Crippen molar-refractivity contribution in [3.8, 4) is 11.1 Å². The Hall–Kier alpha value is -1.54. The maximum Gasteiger partial charge on any atom is 0.0473 e. The van der Waals surface area contributed by atoms with Crippen molar-refractivity contribution < 1.29 is 0 Å². The molecule has 0 atom stereocenters. The lowest BCUT2D eigenvalue weighted by atomic mass is 10.0. The van der Waals surface area contributed by atoms with Gasteiger partial charge in [-0.05, 0) is 36.2 Å². The fourth-order valence-corrected chi connectivity index (χ4v) is 2.70. The van der Waals surface area contributed by atoms with Crippen molar-refractivity contribution in [1.82, 2.24) is 4.98 Å². The van der Waals surface area contributed by atoms with Crippen LogP contribution in [0.1, 0.15) is 5.69 Å². The van der Waals surface area contributed by atoms with Gasteiger partial charge in [-0.25, -0.2) is 0 Å². The largest absolute Gasteiger partial charge is 0.359 e. The van der Waals surface area contributed by atoms with Gasteiger partial charge in [-0.2, -0.15) is 0 Å². The van der Waals surface area contributed by atoms with E-state index in [-0.39, 0.29) is 0 Å². The molecule has 2 heteroatoms.